The van der Waals surface area contributed by atoms with E-state index < -0.39 is 23.4 Å². The summed E-state index contributed by atoms with van der Waals surface area (Å²) in [6.45, 7) is 0. The fraction of sp³-hybridized carbons (Fsp3) is 0.0625. The minimum atomic E-state index is -1.60. The number of carbonyl (C=O) groups excluding carboxylic acids is 3. The molecular weight excluding hydrogens is 302 g/mol. The number of carboxylic acid groups (broad SMARTS) is 2. The lowest BCUT2D eigenvalue weighted by Gasteiger charge is -2.14. The van der Waals surface area contributed by atoms with E-state index in [1.54, 1.807) is 24.3 Å². The van der Waals surface area contributed by atoms with Crippen LogP contribution >= 0.6 is 0 Å². The third kappa shape index (κ3) is 3.46. The van der Waals surface area contributed by atoms with Gasteiger partial charge in [-0.1, -0.05) is 24.3 Å². The summed E-state index contributed by atoms with van der Waals surface area (Å²) in [6.07, 6.45) is 0. The van der Waals surface area contributed by atoms with Gasteiger partial charge in [-0.3, -0.25) is 4.79 Å². The van der Waals surface area contributed by atoms with Gasteiger partial charge >= 0.3 is 0 Å². The van der Waals surface area contributed by atoms with Crippen LogP contribution < -0.4 is 20.3 Å². The Kier molecular flexibility index (Phi) is 4.61. The number of ether oxygens (including phenoxy) is 1. The van der Waals surface area contributed by atoms with Gasteiger partial charge in [0.15, 0.2) is 0 Å². The maximum absolute atomic E-state index is 12.3. The van der Waals surface area contributed by atoms with E-state index in [1.807, 2.05) is 0 Å². The number of aromatic carboxylic acids is 2. The van der Waals surface area contributed by atoms with Crippen molar-refractivity contribution < 1.29 is 29.3 Å². The molecule has 0 saturated heterocycles. The molecule has 0 atom stereocenters. The number of carbonyl (C=O) groups is 3. The van der Waals surface area contributed by atoms with Gasteiger partial charge in [0.2, 0.25) is 0 Å². The highest BCUT2D eigenvalue weighted by Gasteiger charge is 2.15. The first kappa shape index (κ1) is 16.0. The molecule has 0 aliphatic heterocycles. The summed E-state index contributed by atoms with van der Waals surface area (Å²) in [6, 6.07) is 9.43. The Morgan fingerprint density at radius 3 is 2.26 bits per heavy atom. The standard InChI is InChI=1S/C16H13NO6/c1-23-13-5-3-2-4-12(13)17-14(18)11-8-9(15(19)20)6-7-10(11)16(21)22/h2-8H,1H3,(H,17,18)(H,19,20)(H,21,22)/p-2. The van der Waals surface area contributed by atoms with Crippen molar-refractivity contribution in [2.24, 2.45) is 0 Å². The number of methoxy groups -OCH3 is 1. The fourth-order valence-electron chi connectivity index (χ4n) is 1.97. The maximum Gasteiger partial charge on any atom is 0.256 e. The Morgan fingerprint density at radius 1 is 0.957 bits per heavy atom. The molecule has 0 heterocycles. The molecule has 0 saturated carbocycles. The van der Waals surface area contributed by atoms with Crippen LogP contribution in [0.3, 0.4) is 0 Å². The number of carboxylic acids is 2. The zero-order chi connectivity index (χ0) is 17.0. The van der Waals surface area contributed by atoms with Gasteiger partial charge in [0.25, 0.3) is 5.91 Å². The lowest BCUT2D eigenvalue weighted by atomic mass is 10.0. The molecule has 2 aromatic carbocycles. The topological polar surface area (TPSA) is 119 Å². The van der Waals surface area contributed by atoms with E-state index in [4.69, 9.17) is 4.74 Å². The highest BCUT2D eigenvalue weighted by atomic mass is 16.5. The van der Waals surface area contributed by atoms with Gasteiger partial charge in [-0.25, -0.2) is 0 Å². The summed E-state index contributed by atoms with van der Waals surface area (Å²) < 4.78 is 5.07. The molecule has 7 heteroatoms. The van der Waals surface area contributed by atoms with E-state index in [0.717, 1.165) is 18.2 Å². The minimum absolute atomic E-state index is 0.308. The summed E-state index contributed by atoms with van der Waals surface area (Å²) >= 11 is 0. The van der Waals surface area contributed by atoms with Crippen molar-refractivity contribution in [2.45, 2.75) is 0 Å². The first-order valence-corrected chi connectivity index (χ1v) is 6.45. The Labute approximate surface area is 131 Å². The lowest BCUT2D eigenvalue weighted by molar-refractivity contribution is -0.256. The minimum Gasteiger partial charge on any atom is -0.545 e. The quantitative estimate of drug-likeness (QED) is 0.807. The number of para-hydroxylation sites is 2. The molecule has 1 amide bonds. The van der Waals surface area contributed by atoms with Gasteiger partial charge in [-0.05, 0) is 23.8 Å². The predicted molar refractivity (Wildman–Crippen MR) is 76.1 cm³/mol. The summed E-state index contributed by atoms with van der Waals surface area (Å²) in [5, 5.41) is 24.5. The highest BCUT2D eigenvalue weighted by Crippen LogP contribution is 2.24. The van der Waals surface area contributed by atoms with E-state index in [-0.39, 0.29) is 11.1 Å². The second-order valence-electron chi connectivity index (χ2n) is 4.49. The van der Waals surface area contributed by atoms with Gasteiger partial charge in [-0.2, -0.15) is 0 Å². The smallest absolute Gasteiger partial charge is 0.256 e. The van der Waals surface area contributed by atoms with Gasteiger partial charge in [-0.15, -0.1) is 0 Å². The van der Waals surface area contributed by atoms with E-state index >= 15 is 0 Å². The van der Waals surface area contributed by atoms with E-state index in [1.165, 1.54) is 7.11 Å². The molecule has 0 unspecified atom stereocenters. The predicted octanol–water partition coefficient (Wildman–Crippen LogP) is -0.326. The molecule has 0 spiro atoms. The van der Waals surface area contributed by atoms with Crippen LogP contribution in [0, 0.1) is 0 Å². The average molecular weight is 313 g/mol. The SMILES string of the molecule is COc1ccccc1NC(=O)c1cc(C(=O)[O-])ccc1C(=O)[O-]. The fourth-order valence-corrected chi connectivity index (χ4v) is 1.97. The van der Waals surface area contributed by atoms with Gasteiger partial charge in [0.05, 0.1) is 24.7 Å². The number of rotatable bonds is 5. The first-order chi connectivity index (χ1) is 10.9. The van der Waals surface area contributed by atoms with Crippen LogP contribution in [0.15, 0.2) is 42.5 Å². The second-order valence-corrected chi connectivity index (χ2v) is 4.49. The molecule has 0 bridgehead atoms. The zero-order valence-electron chi connectivity index (χ0n) is 12.0. The van der Waals surface area contributed by atoms with Crippen LogP contribution in [0.25, 0.3) is 0 Å². The van der Waals surface area contributed by atoms with Gasteiger partial charge in [0.1, 0.15) is 5.75 Å². The summed E-state index contributed by atoms with van der Waals surface area (Å²) in [5.74, 6) is -3.56. The van der Waals surface area contributed by atoms with Gasteiger partial charge in [0, 0.05) is 11.1 Å². The monoisotopic (exact) mass is 313 g/mol. The summed E-state index contributed by atoms with van der Waals surface area (Å²) in [7, 11) is 1.41. The lowest BCUT2D eigenvalue weighted by Crippen LogP contribution is -2.28. The number of anilines is 1. The summed E-state index contributed by atoms with van der Waals surface area (Å²) in [4.78, 5) is 34.3. The molecule has 1 N–H and O–H groups in total. The average Bonchev–Trinajstić information content (AvgIpc) is 2.54. The van der Waals surface area contributed by atoms with Crippen LogP contribution in [0.5, 0.6) is 5.75 Å². The normalized spacial score (nSPS) is 9.96. The Hall–Kier alpha value is -3.35. The highest BCUT2D eigenvalue weighted by molar-refractivity contribution is 6.11. The van der Waals surface area contributed by atoms with Crippen LogP contribution in [-0.4, -0.2) is 25.0 Å². The molecule has 0 radical (unpaired) electrons. The molecule has 0 aromatic heterocycles. The molecule has 23 heavy (non-hydrogen) atoms. The van der Waals surface area contributed by atoms with E-state index in [0.29, 0.717) is 11.4 Å². The van der Waals surface area contributed by atoms with Crippen molar-refractivity contribution in [3.8, 4) is 5.75 Å². The molecule has 118 valence electrons. The Morgan fingerprint density at radius 2 is 1.65 bits per heavy atom. The van der Waals surface area contributed by atoms with Crippen LogP contribution in [0.4, 0.5) is 5.69 Å². The number of hydrogen-bond donors (Lipinski definition) is 1. The zero-order valence-corrected chi connectivity index (χ0v) is 12.0. The largest absolute Gasteiger partial charge is 0.545 e. The molecule has 2 rings (SSSR count). The van der Waals surface area contributed by atoms with Crippen molar-refractivity contribution >= 4 is 23.5 Å². The summed E-state index contributed by atoms with van der Waals surface area (Å²) in [5.41, 5.74) is -0.789. The molecular formula is C16H11NO6-2. The van der Waals surface area contributed by atoms with Crippen molar-refractivity contribution in [1.29, 1.82) is 0 Å². The number of hydrogen-bond acceptors (Lipinski definition) is 6. The van der Waals surface area contributed by atoms with Crippen LogP contribution in [0.1, 0.15) is 31.1 Å². The van der Waals surface area contributed by atoms with E-state index in [2.05, 4.69) is 5.32 Å². The van der Waals surface area contributed by atoms with Crippen molar-refractivity contribution in [1.82, 2.24) is 0 Å². The van der Waals surface area contributed by atoms with E-state index in [9.17, 15) is 24.6 Å². The number of amides is 1. The Balaban J connectivity index is 2.43. The second kappa shape index (κ2) is 6.61. The maximum atomic E-state index is 12.3. The molecule has 0 aliphatic rings. The Bertz CT molecular complexity index is 784. The van der Waals surface area contributed by atoms with Crippen molar-refractivity contribution in [3.05, 3.63) is 59.2 Å². The van der Waals surface area contributed by atoms with Crippen molar-refractivity contribution in [2.75, 3.05) is 12.4 Å². The third-order valence-corrected chi connectivity index (χ3v) is 3.07. The first-order valence-electron chi connectivity index (χ1n) is 6.45. The van der Waals surface area contributed by atoms with Gasteiger partial charge < -0.3 is 29.9 Å². The number of nitrogens with one attached hydrogen (secondary N) is 1. The third-order valence-electron chi connectivity index (χ3n) is 3.07. The van der Waals surface area contributed by atoms with Crippen molar-refractivity contribution in [3.63, 3.8) is 0 Å². The molecule has 0 aliphatic carbocycles. The van der Waals surface area contributed by atoms with Crippen LogP contribution in [-0.2, 0) is 0 Å². The molecule has 7 nitrogen and oxygen atoms in total. The molecule has 2 aromatic rings. The van der Waals surface area contributed by atoms with Crippen LogP contribution in [0.2, 0.25) is 0 Å². The number of benzene rings is 2. The molecule has 0 fully saturated rings.